The molecule has 0 saturated carbocycles. The molecule has 4 aromatic rings. The zero-order valence-corrected chi connectivity index (χ0v) is 15.3. The maximum absolute atomic E-state index is 10.9. The summed E-state index contributed by atoms with van der Waals surface area (Å²) in [6, 6.07) is 5.69. The van der Waals surface area contributed by atoms with E-state index >= 15 is 0 Å². The summed E-state index contributed by atoms with van der Waals surface area (Å²) < 4.78 is 3.61. The Morgan fingerprint density at radius 3 is 2.71 bits per heavy atom. The maximum Gasteiger partial charge on any atom is 0.151 e. The molecule has 0 radical (unpaired) electrons. The third-order valence-electron chi connectivity index (χ3n) is 5.01. The first-order valence-corrected chi connectivity index (χ1v) is 9.33. The van der Waals surface area contributed by atoms with Crippen molar-refractivity contribution in [1.82, 2.24) is 29.4 Å². The van der Waals surface area contributed by atoms with Crippen LogP contribution in [0, 0.1) is 0 Å². The maximum atomic E-state index is 10.9. The fourth-order valence-corrected chi connectivity index (χ4v) is 3.60. The van der Waals surface area contributed by atoms with Gasteiger partial charge in [0.15, 0.2) is 6.29 Å². The molecule has 28 heavy (non-hydrogen) atoms. The monoisotopic (exact) mass is 373 g/mol. The smallest absolute Gasteiger partial charge is 0.151 e. The second-order valence-electron chi connectivity index (χ2n) is 7.00. The number of fused-ring (bicyclic) bond motifs is 1. The van der Waals surface area contributed by atoms with Gasteiger partial charge in [-0.15, -0.1) is 5.10 Å². The lowest BCUT2D eigenvalue weighted by Gasteiger charge is -2.17. The highest BCUT2D eigenvalue weighted by atomic mass is 16.1. The zero-order valence-electron chi connectivity index (χ0n) is 15.3. The molecule has 0 N–H and O–H groups in total. The van der Waals surface area contributed by atoms with E-state index in [0.717, 1.165) is 47.8 Å². The Balaban J connectivity index is 1.37. The topological polar surface area (TPSA) is 81.2 Å². The molecule has 1 aliphatic rings. The zero-order chi connectivity index (χ0) is 18.9. The summed E-state index contributed by atoms with van der Waals surface area (Å²) in [5, 5.41) is 8.54. The number of aldehydes is 1. The Kier molecular flexibility index (Phi) is 4.08. The molecule has 5 heterocycles. The number of anilines is 1. The molecule has 0 amide bonds. The number of hydrogen-bond acceptors (Lipinski definition) is 6. The van der Waals surface area contributed by atoms with E-state index in [1.165, 1.54) is 12.8 Å². The summed E-state index contributed by atoms with van der Waals surface area (Å²) in [7, 11) is 0. The number of rotatable bonds is 5. The van der Waals surface area contributed by atoms with E-state index in [-0.39, 0.29) is 0 Å². The van der Waals surface area contributed by atoms with Gasteiger partial charge in [-0.05, 0) is 31.0 Å². The number of nitrogens with zero attached hydrogens (tertiary/aromatic N) is 7. The molecule has 0 aromatic carbocycles. The second kappa shape index (κ2) is 6.88. The Hall–Kier alpha value is -3.55. The van der Waals surface area contributed by atoms with Gasteiger partial charge in [0.05, 0.1) is 41.4 Å². The number of hydrogen-bond donors (Lipinski definition) is 0. The third kappa shape index (κ3) is 3.13. The van der Waals surface area contributed by atoms with Gasteiger partial charge in [-0.3, -0.25) is 9.78 Å². The van der Waals surface area contributed by atoms with Crippen molar-refractivity contribution in [1.29, 1.82) is 0 Å². The van der Waals surface area contributed by atoms with E-state index in [0.29, 0.717) is 12.0 Å². The van der Waals surface area contributed by atoms with E-state index in [9.17, 15) is 4.79 Å². The quantitative estimate of drug-likeness (QED) is 0.500. The number of pyridine rings is 2. The minimum absolute atomic E-state index is 0.567. The highest BCUT2D eigenvalue weighted by Gasteiger charge is 2.14. The van der Waals surface area contributed by atoms with Crippen molar-refractivity contribution in [3.63, 3.8) is 0 Å². The van der Waals surface area contributed by atoms with Gasteiger partial charge in [0, 0.05) is 37.5 Å². The standard InChI is InChI=1S/C20H19N7O/c28-14-15-3-4-20-22-16(12-26(20)11-15)7-17-13-27(24-23-17)19-8-18(9-21-10-19)25-5-1-2-6-25/h3-4,8-14H,1-2,5-7H2. The molecule has 0 atom stereocenters. The summed E-state index contributed by atoms with van der Waals surface area (Å²) >= 11 is 0. The molecule has 140 valence electrons. The largest absolute Gasteiger partial charge is 0.370 e. The Morgan fingerprint density at radius 2 is 1.86 bits per heavy atom. The number of aromatic nitrogens is 6. The van der Waals surface area contributed by atoms with Crippen LogP contribution in [0.15, 0.2) is 49.2 Å². The fraction of sp³-hybridized carbons (Fsp3) is 0.250. The van der Waals surface area contributed by atoms with Gasteiger partial charge in [-0.25, -0.2) is 9.67 Å². The van der Waals surface area contributed by atoms with Crippen molar-refractivity contribution in [2.45, 2.75) is 19.3 Å². The molecular formula is C20H19N7O. The van der Waals surface area contributed by atoms with Crippen molar-refractivity contribution in [2.75, 3.05) is 18.0 Å². The highest BCUT2D eigenvalue weighted by molar-refractivity contribution is 5.74. The van der Waals surface area contributed by atoms with Gasteiger partial charge >= 0.3 is 0 Å². The molecule has 0 unspecified atom stereocenters. The van der Waals surface area contributed by atoms with Crippen LogP contribution in [-0.2, 0) is 6.42 Å². The van der Waals surface area contributed by atoms with Crippen LogP contribution in [-0.4, -0.2) is 48.7 Å². The van der Waals surface area contributed by atoms with Gasteiger partial charge in [0.1, 0.15) is 5.65 Å². The molecule has 0 aliphatic carbocycles. The molecule has 8 nitrogen and oxygen atoms in total. The summed E-state index contributed by atoms with van der Waals surface area (Å²) in [6.07, 6.45) is 13.1. The predicted molar refractivity (Wildman–Crippen MR) is 104 cm³/mol. The van der Waals surface area contributed by atoms with E-state index in [4.69, 9.17) is 0 Å². The normalized spacial score (nSPS) is 14.1. The highest BCUT2D eigenvalue weighted by Crippen LogP contribution is 2.21. The number of carbonyl (C=O) groups is 1. The second-order valence-corrected chi connectivity index (χ2v) is 7.00. The SMILES string of the molecule is O=Cc1ccc2nc(Cc3cn(-c4cncc(N5CCCC5)c4)nn3)cn2c1. The Morgan fingerprint density at radius 1 is 1.00 bits per heavy atom. The van der Waals surface area contributed by atoms with Crippen LogP contribution in [0.4, 0.5) is 5.69 Å². The van der Waals surface area contributed by atoms with Gasteiger partial charge < -0.3 is 9.30 Å². The fourth-order valence-electron chi connectivity index (χ4n) is 3.60. The summed E-state index contributed by atoms with van der Waals surface area (Å²) in [6.45, 7) is 2.15. The van der Waals surface area contributed by atoms with Crippen LogP contribution in [0.5, 0.6) is 0 Å². The van der Waals surface area contributed by atoms with Crippen LogP contribution in [0.25, 0.3) is 11.3 Å². The van der Waals surface area contributed by atoms with Crippen molar-refractivity contribution in [3.8, 4) is 5.69 Å². The van der Waals surface area contributed by atoms with Crippen molar-refractivity contribution >= 4 is 17.6 Å². The molecule has 8 heteroatoms. The molecule has 1 saturated heterocycles. The summed E-state index contributed by atoms with van der Waals surface area (Å²) in [4.78, 5) is 22.2. The Bertz CT molecular complexity index is 1140. The van der Waals surface area contributed by atoms with Crippen LogP contribution in [0.1, 0.15) is 34.6 Å². The van der Waals surface area contributed by atoms with Gasteiger partial charge in [-0.1, -0.05) is 5.21 Å². The molecule has 1 fully saturated rings. The average molecular weight is 373 g/mol. The average Bonchev–Trinajstić information content (AvgIpc) is 3.48. The predicted octanol–water partition coefficient (Wildman–Crippen LogP) is 2.31. The van der Waals surface area contributed by atoms with Crippen LogP contribution < -0.4 is 4.90 Å². The first-order valence-electron chi connectivity index (χ1n) is 9.33. The molecule has 0 bridgehead atoms. The van der Waals surface area contributed by atoms with Gasteiger partial charge in [0.2, 0.25) is 0 Å². The third-order valence-corrected chi connectivity index (χ3v) is 5.01. The summed E-state index contributed by atoms with van der Waals surface area (Å²) in [5.41, 5.74) is 5.14. The number of carbonyl (C=O) groups excluding carboxylic acids is 1. The van der Waals surface area contributed by atoms with E-state index in [1.807, 2.05) is 29.1 Å². The Labute approximate surface area is 161 Å². The van der Waals surface area contributed by atoms with Crippen molar-refractivity contribution in [3.05, 3.63) is 66.1 Å². The van der Waals surface area contributed by atoms with Crippen LogP contribution >= 0.6 is 0 Å². The molecule has 1 aliphatic heterocycles. The molecular weight excluding hydrogens is 354 g/mol. The molecule has 0 spiro atoms. The first kappa shape index (κ1) is 16.6. The van der Waals surface area contributed by atoms with E-state index < -0.39 is 0 Å². The van der Waals surface area contributed by atoms with Crippen LogP contribution in [0.3, 0.4) is 0 Å². The van der Waals surface area contributed by atoms with Gasteiger partial charge in [0.25, 0.3) is 0 Å². The first-order chi connectivity index (χ1) is 13.8. The minimum Gasteiger partial charge on any atom is -0.370 e. The lowest BCUT2D eigenvalue weighted by atomic mass is 10.3. The summed E-state index contributed by atoms with van der Waals surface area (Å²) in [5.74, 6) is 0. The van der Waals surface area contributed by atoms with Crippen molar-refractivity contribution in [2.24, 2.45) is 0 Å². The van der Waals surface area contributed by atoms with Gasteiger partial charge in [-0.2, -0.15) is 0 Å². The van der Waals surface area contributed by atoms with E-state index in [1.54, 1.807) is 23.1 Å². The lowest BCUT2D eigenvalue weighted by Crippen LogP contribution is -2.18. The molecule has 4 aromatic heterocycles. The molecule has 5 rings (SSSR count). The van der Waals surface area contributed by atoms with Crippen LogP contribution in [0.2, 0.25) is 0 Å². The van der Waals surface area contributed by atoms with E-state index in [2.05, 4.69) is 31.2 Å². The van der Waals surface area contributed by atoms with Crippen molar-refractivity contribution < 1.29 is 4.79 Å². The lowest BCUT2D eigenvalue weighted by molar-refractivity contribution is 0.112. The minimum atomic E-state index is 0.567. The number of imidazole rings is 1.